The number of sulfonamides is 1. The first-order valence-corrected chi connectivity index (χ1v) is 14.3. The molecule has 10 heteroatoms. The zero-order valence-corrected chi connectivity index (χ0v) is 22.3. The van der Waals surface area contributed by atoms with Gasteiger partial charge in [-0.05, 0) is 68.4 Å². The second-order valence-electron chi connectivity index (χ2n) is 10.1. The zero-order chi connectivity index (χ0) is 25.5. The summed E-state index contributed by atoms with van der Waals surface area (Å²) in [7, 11) is -3.62. The second kappa shape index (κ2) is 10.0. The number of amides is 2. The Balaban J connectivity index is 1.53. The molecular weight excluding hydrogens is 484 g/mol. The van der Waals surface area contributed by atoms with Crippen LogP contribution in [0.1, 0.15) is 65.3 Å². The van der Waals surface area contributed by atoms with Crippen molar-refractivity contribution in [2.45, 2.75) is 58.0 Å². The molecule has 1 aromatic carbocycles. The first kappa shape index (κ1) is 25.8. The van der Waals surface area contributed by atoms with E-state index in [-0.39, 0.29) is 4.90 Å². The number of benzene rings is 1. The first-order chi connectivity index (χ1) is 16.5. The lowest BCUT2D eigenvalue weighted by atomic mass is 9.94. The highest BCUT2D eigenvalue weighted by molar-refractivity contribution is 7.89. The minimum Gasteiger partial charge on any atom is -0.365 e. The molecule has 2 amide bonds. The third-order valence-electron chi connectivity index (χ3n) is 6.88. The minimum atomic E-state index is -3.62. The van der Waals surface area contributed by atoms with Gasteiger partial charge in [-0.1, -0.05) is 13.8 Å². The molecule has 0 spiro atoms. The van der Waals surface area contributed by atoms with Crippen molar-refractivity contribution < 1.29 is 18.0 Å². The predicted octanol–water partition coefficient (Wildman–Crippen LogP) is 3.53. The third kappa shape index (κ3) is 5.30. The number of primary amides is 1. The summed E-state index contributed by atoms with van der Waals surface area (Å²) in [5.41, 5.74) is 7.30. The second-order valence-corrected chi connectivity index (χ2v) is 13.2. The quantitative estimate of drug-likeness (QED) is 0.607. The van der Waals surface area contributed by atoms with E-state index in [0.717, 1.165) is 23.4 Å². The van der Waals surface area contributed by atoms with E-state index in [9.17, 15) is 18.0 Å². The van der Waals surface area contributed by atoms with E-state index >= 15 is 0 Å². The van der Waals surface area contributed by atoms with Crippen molar-refractivity contribution in [1.82, 2.24) is 9.21 Å². The fraction of sp³-hybridized carbons (Fsp3) is 0.520. The van der Waals surface area contributed by atoms with E-state index in [1.807, 2.05) is 0 Å². The number of carbonyl (C=O) groups is 2. The molecule has 2 unspecified atom stereocenters. The van der Waals surface area contributed by atoms with Gasteiger partial charge in [0.2, 0.25) is 10.0 Å². The van der Waals surface area contributed by atoms with E-state index in [1.165, 1.54) is 39.9 Å². The number of hydrogen-bond acceptors (Lipinski definition) is 6. The Morgan fingerprint density at radius 3 is 2.31 bits per heavy atom. The molecule has 35 heavy (non-hydrogen) atoms. The average molecular weight is 519 g/mol. The number of anilines is 1. The van der Waals surface area contributed by atoms with E-state index in [2.05, 4.69) is 37.9 Å². The molecule has 190 valence electrons. The monoisotopic (exact) mass is 518 g/mol. The highest BCUT2D eigenvalue weighted by Crippen LogP contribution is 2.37. The number of nitrogens with zero attached hydrogens (tertiary/aromatic N) is 2. The van der Waals surface area contributed by atoms with Gasteiger partial charge in [0.15, 0.2) is 0 Å². The molecule has 2 aliphatic rings. The number of nitrogens with one attached hydrogen (secondary N) is 1. The van der Waals surface area contributed by atoms with Gasteiger partial charge in [-0.3, -0.25) is 14.5 Å². The van der Waals surface area contributed by atoms with Crippen molar-refractivity contribution in [3.05, 3.63) is 45.8 Å². The van der Waals surface area contributed by atoms with E-state index in [1.54, 1.807) is 0 Å². The predicted molar refractivity (Wildman–Crippen MR) is 138 cm³/mol. The molecule has 0 saturated carbocycles. The Labute approximate surface area is 211 Å². The van der Waals surface area contributed by atoms with Crippen molar-refractivity contribution in [3.63, 3.8) is 0 Å². The summed E-state index contributed by atoms with van der Waals surface area (Å²) in [5.74, 6) is -0.345. The smallest absolute Gasteiger partial charge is 0.256 e. The Hall–Kier alpha value is -2.27. The summed E-state index contributed by atoms with van der Waals surface area (Å²) >= 11 is 1.38. The summed E-state index contributed by atoms with van der Waals surface area (Å²) in [6, 6.07) is 6.35. The molecule has 1 fully saturated rings. The first-order valence-electron chi connectivity index (χ1n) is 12.1. The Morgan fingerprint density at radius 2 is 1.74 bits per heavy atom. The van der Waals surface area contributed by atoms with Crippen molar-refractivity contribution >= 4 is 38.2 Å². The van der Waals surface area contributed by atoms with Crippen molar-refractivity contribution in [2.75, 3.05) is 25.0 Å². The number of carbonyl (C=O) groups excluding carboxylic acids is 2. The Bertz CT molecular complexity index is 1210. The highest BCUT2D eigenvalue weighted by atomic mass is 32.2. The maximum atomic E-state index is 13.1. The number of thiophene rings is 1. The third-order valence-corrected chi connectivity index (χ3v) is 9.86. The van der Waals surface area contributed by atoms with Crippen LogP contribution in [0.3, 0.4) is 0 Å². The molecule has 8 nitrogen and oxygen atoms in total. The maximum Gasteiger partial charge on any atom is 0.256 e. The molecule has 0 aliphatic carbocycles. The van der Waals surface area contributed by atoms with Crippen molar-refractivity contribution in [3.8, 4) is 0 Å². The maximum absolute atomic E-state index is 13.1. The lowest BCUT2D eigenvalue weighted by Crippen LogP contribution is -2.42. The summed E-state index contributed by atoms with van der Waals surface area (Å²) in [5, 5.41) is 3.29. The van der Waals surface area contributed by atoms with Gasteiger partial charge in [-0.2, -0.15) is 4.31 Å². The fourth-order valence-electron chi connectivity index (χ4n) is 5.12. The van der Waals surface area contributed by atoms with Gasteiger partial charge in [0, 0.05) is 42.7 Å². The number of rotatable bonds is 6. The number of fused-ring (bicyclic) bond motifs is 1. The molecule has 4 rings (SSSR count). The van der Waals surface area contributed by atoms with Crippen LogP contribution in [0, 0.1) is 11.8 Å². The van der Waals surface area contributed by atoms with Gasteiger partial charge in [0.05, 0.1) is 10.5 Å². The average Bonchev–Trinajstić information content (AvgIpc) is 3.15. The van der Waals surface area contributed by atoms with Crippen LogP contribution in [-0.2, 0) is 23.0 Å². The molecule has 3 heterocycles. The van der Waals surface area contributed by atoms with E-state index < -0.39 is 21.8 Å². The van der Waals surface area contributed by atoms with E-state index in [4.69, 9.17) is 5.73 Å². The van der Waals surface area contributed by atoms with Gasteiger partial charge < -0.3 is 11.1 Å². The normalized spacial score (nSPS) is 21.6. The molecule has 1 aromatic heterocycles. The molecule has 2 aromatic rings. The molecule has 0 radical (unpaired) electrons. The van der Waals surface area contributed by atoms with Crippen molar-refractivity contribution in [2.24, 2.45) is 17.6 Å². The minimum absolute atomic E-state index is 0.175. The van der Waals surface area contributed by atoms with Crippen LogP contribution in [0.2, 0.25) is 0 Å². The van der Waals surface area contributed by atoms with E-state index in [0.29, 0.717) is 60.1 Å². The Morgan fingerprint density at radius 1 is 1.11 bits per heavy atom. The molecule has 0 bridgehead atoms. The topological polar surface area (TPSA) is 113 Å². The molecule has 1 saturated heterocycles. The lowest BCUT2D eigenvalue weighted by molar-refractivity contribution is 0.0999. The summed E-state index contributed by atoms with van der Waals surface area (Å²) < 4.78 is 27.8. The zero-order valence-electron chi connectivity index (χ0n) is 20.7. The SMILES string of the molecule is CC1CC(C)CN(S(=O)(=O)c2ccc(C(=O)Nc3sc4c(c3C(N)=O)CCN(C(C)C)C4)cc2)C1. The molecule has 3 N–H and O–H groups in total. The molecular formula is C25H34N4O4S2. The largest absolute Gasteiger partial charge is 0.365 e. The van der Waals surface area contributed by atoms with Crippen LogP contribution in [0.15, 0.2) is 29.2 Å². The highest BCUT2D eigenvalue weighted by Gasteiger charge is 2.32. The van der Waals surface area contributed by atoms with Crippen LogP contribution < -0.4 is 11.1 Å². The fourth-order valence-corrected chi connectivity index (χ4v) is 8.07. The summed E-state index contributed by atoms with van der Waals surface area (Å²) in [6.07, 6.45) is 1.72. The van der Waals surface area contributed by atoms with Crippen LogP contribution >= 0.6 is 11.3 Å². The summed E-state index contributed by atoms with van der Waals surface area (Å²) in [6.45, 7) is 10.9. The Kier molecular flexibility index (Phi) is 7.38. The standard InChI is InChI=1S/C25H34N4O4S2/c1-15(2)28-10-9-20-21(14-28)34-25(22(20)23(26)30)27-24(31)18-5-7-19(8-6-18)35(32,33)29-12-16(3)11-17(4)13-29/h5-8,15-17H,9-14H2,1-4H3,(H2,26,30)(H,27,31). The molecule has 2 aliphatic heterocycles. The van der Waals surface area contributed by atoms with Gasteiger partial charge >= 0.3 is 0 Å². The summed E-state index contributed by atoms with van der Waals surface area (Å²) in [4.78, 5) is 28.8. The van der Waals surface area contributed by atoms with Gasteiger partial charge in [-0.25, -0.2) is 8.42 Å². The molecule has 2 atom stereocenters. The van der Waals surface area contributed by atoms with Crippen LogP contribution in [0.5, 0.6) is 0 Å². The van der Waals surface area contributed by atoms with Gasteiger partial charge in [0.25, 0.3) is 11.8 Å². The number of nitrogens with two attached hydrogens (primary N) is 1. The lowest BCUT2D eigenvalue weighted by Gasteiger charge is -2.34. The number of piperidine rings is 1. The van der Waals surface area contributed by atoms with Crippen LogP contribution in [0.25, 0.3) is 0 Å². The van der Waals surface area contributed by atoms with Crippen LogP contribution in [0.4, 0.5) is 5.00 Å². The van der Waals surface area contributed by atoms with Crippen LogP contribution in [-0.4, -0.2) is 55.1 Å². The van der Waals surface area contributed by atoms with Gasteiger partial charge in [0.1, 0.15) is 5.00 Å². The van der Waals surface area contributed by atoms with Gasteiger partial charge in [-0.15, -0.1) is 11.3 Å². The number of hydrogen-bond donors (Lipinski definition) is 2. The van der Waals surface area contributed by atoms with Crippen molar-refractivity contribution in [1.29, 1.82) is 0 Å².